The summed E-state index contributed by atoms with van der Waals surface area (Å²) in [5.74, 6) is -1.68. The van der Waals surface area contributed by atoms with Gasteiger partial charge in [-0.1, -0.05) is 31.9 Å². The molecule has 5 heteroatoms. The molecular formula is C14H9Br2F3. The number of hydrogen-bond acceptors (Lipinski definition) is 0. The third-order valence-corrected chi connectivity index (χ3v) is 4.49. The van der Waals surface area contributed by atoms with Gasteiger partial charge in [0.15, 0.2) is 0 Å². The number of hydrogen-bond donors (Lipinski definition) is 0. The van der Waals surface area contributed by atoms with Crippen LogP contribution < -0.4 is 0 Å². The summed E-state index contributed by atoms with van der Waals surface area (Å²) >= 11 is 6.62. The van der Waals surface area contributed by atoms with Crippen molar-refractivity contribution in [3.63, 3.8) is 0 Å². The highest BCUT2D eigenvalue weighted by molar-refractivity contribution is 9.11. The molecule has 0 bridgehead atoms. The van der Waals surface area contributed by atoms with Crippen LogP contribution in [0.4, 0.5) is 13.2 Å². The SMILES string of the molecule is Cc1cc(C(Br)c2cc(F)ccc2Br)c(F)cc1F. The van der Waals surface area contributed by atoms with Crippen LogP contribution in [0, 0.1) is 24.4 Å². The summed E-state index contributed by atoms with van der Waals surface area (Å²) in [6, 6.07) is 6.42. The first-order chi connectivity index (χ1) is 8.90. The van der Waals surface area contributed by atoms with Gasteiger partial charge in [-0.2, -0.15) is 0 Å². The molecule has 2 aromatic rings. The average Bonchev–Trinajstić information content (AvgIpc) is 2.36. The zero-order chi connectivity index (χ0) is 14.2. The average molecular weight is 394 g/mol. The summed E-state index contributed by atoms with van der Waals surface area (Å²) in [7, 11) is 0. The van der Waals surface area contributed by atoms with E-state index in [1.54, 1.807) is 13.0 Å². The molecule has 0 spiro atoms. The second-order valence-electron chi connectivity index (χ2n) is 4.15. The van der Waals surface area contributed by atoms with Crippen LogP contribution in [0.5, 0.6) is 0 Å². The first kappa shape index (κ1) is 14.6. The van der Waals surface area contributed by atoms with E-state index in [1.807, 2.05) is 0 Å². The Hall–Kier alpha value is -0.810. The molecule has 1 unspecified atom stereocenters. The maximum Gasteiger partial charge on any atom is 0.130 e. The fraction of sp³-hybridized carbons (Fsp3) is 0.143. The summed E-state index contributed by atoms with van der Waals surface area (Å²) in [5.41, 5.74) is 1.16. The van der Waals surface area contributed by atoms with Gasteiger partial charge >= 0.3 is 0 Å². The molecule has 0 aliphatic carbocycles. The van der Waals surface area contributed by atoms with Gasteiger partial charge in [-0.25, -0.2) is 13.2 Å². The van der Waals surface area contributed by atoms with E-state index in [1.165, 1.54) is 18.2 Å². The van der Waals surface area contributed by atoms with Crippen molar-refractivity contribution < 1.29 is 13.2 Å². The first-order valence-corrected chi connectivity index (χ1v) is 7.15. The molecule has 0 saturated carbocycles. The molecule has 2 aromatic carbocycles. The summed E-state index contributed by atoms with van der Waals surface area (Å²) in [5, 5.41) is 0. The van der Waals surface area contributed by atoms with E-state index >= 15 is 0 Å². The number of rotatable bonds is 2. The minimum absolute atomic E-state index is 0.269. The molecule has 0 amide bonds. The summed E-state index contributed by atoms with van der Waals surface area (Å²) in [6.07, 6.45) is 0. The first-order valence-electron chi connectivity index (χ1n) is 5.44. The molecular weight excluding hydrogens is 385 g/mol. The smallest absolute Gasteiger partial charge is 0.130 e. The van der Waals surface area contributed by atoms with Gasteiger partial charge in [-0.3, -0.25) is 0 Å². The lowest BCUT2D eigenvalue weighted by molar-refractivity contribution is 0.568. The van der Waals surface area contributed by atoms with Gasteiger partial charge in [0.05, 0.1) is 4.83 Å². The maximum absolute atomic E-state index is 13.8. The molecule has 0 nitrogen and oxygen atoms in total. The zero-order valence-electron chi connectivity index (χ0n) is 9.85. The molecule has 0 saturated heterocycles. The van der Waals surface area contributed by atoms with E-state index in [0.717, 1.165) is 6.07 Å². The van der Waals surface area contributed by atoms with Crippen molar-refractivity contribution in [3.05, 3.63) is 68.9 Å². The molecule has 0 heterocycles. The zero-order valence-corrected chi connectivity index (χ0v) is 13.0. The van der Waals surface area contributed by atoms with E-state index in [9.17, 15) is 13.2 Å². The molecule has 0 N–H and O–H groups in total. The van der Waals surface area contributed by atoms with Crippen molar-refractivity contribution in [2.75, 3.05) is 0 Å². The summed E-state index contributed by atoms with van der Waals surface area (Å²) in [6.45, 7) is 1.55. The van der Waals surface area contributed by atoms with Crippen molar-refractivity contribution in [1.82, 2.24) is 0 Å². The van der Waals surface area contributed by atoms with Crippen molar-refractivity contribution in [3.8, 4) is 0 Å². The Balaban J connectivity index is 2.52. The van der Waals surface area contributed by atoms with E-state index in [-0.39, 0.29) is 5.56 Å². The van der Waals surface area contributed by atoms with E-state index < -0.39 is 22.3 Å². The Morgan fingerprint density at radius 3 is 2.32 bits per heavy atom. The van der Waals surface area contributed by atoms with Crippen LogP contribution in [0.2, 0.25) is 0 Å². The molecule has 0 fully saturated rings. The second kappa shape index (κ2) is 5.67. The highest BCUT2D eigenvalue weighted by Crippen LogP contribution is 2.37. The van der Waals surface area contributed by atoms with Crippen molar-refractivity contribution in [2.24, 2.45) is 0 Å². The second-order valence-corrected chi connectivity index (χ2v) is 5.92. The standard InChI is InChI=1S/C14H9Br2F3/c1-7-4-10(13(19)6-12(7)18)14(16)9-5-8(17)2-3-11(9)15/h2-6,14H,1H3. The molecule has 0 aliphatic heterocycles. The van der Waals surface area contributed by atoms with Gasteiger partial charge in [-0.05, 0) is 42.3 Å². The number of aryl methyl sites for hydroxylation is 1. The molecule has 100 valence electrons. The highest BCUT2D eigenvalue weighted by atomic mass is 79.9. The predicted molar refractivity (Wildman–Crippen MR) is 76.0 cm³/mol. The lowest BCUT2D eigenvalue weighted by Crippen LogP contribution is -2.00. The quantitative estimate of drug-likeness (QED) is 0.577. The lowest BCUT2D eigenvalue weighted by Gasteiger charge is -2.15. The van der Waals surface area contributed by atoms with Gasteiger partial charge in [0.1, 0.15) is 17.5 Å². The van der Waals surface area contributed by atoms with Crippen molar-refractivity contribution in [1.29, 1.82) is 0 Å². The number of alkyl halides is 1. The van der Waals surface area contributed by atoms with Crippen molar-refractivity contribution in [2.45, 2.75) is 11.8 Å². The monoisotopic (exact) mass is 392 g/mol. The Morgan fingerprint density at radius 2 is 1.63 bits per heavy atom. The van der Waals surface area contributed by atoms with E-state index in [4.69, 9.17) is 0 Å². The largest absolute Gasteiger partial charge is 0.207 e. The molecule has 19 heavy (non-hydrogen) atoms. The van der Waals surface area contributed by atoms with Gasteiger partial charge in [0.25, 0.3) is 0 Å². The normalized spacial score (nSPS) is 12.5. The molecule has 0 aliphatic rings. The molecule has 0 aromatic heterocycles. The maximum atomic E-state index is 13.8. The minimum atomic E-state index is -0.666. The van der Waals surface area contributed by atoms with E-state index in [0.29, 0.717) is 15.6 Å². The van der Waals surface area contributed by atoms with Crippen LogP contribution in [-0.2, 0) is 0 Å². The third kappa shape index (κ3) is 3.03. The minimum Gasteiger partial charge on any atom is -0.207 e. The fourth-order valence-corrected chi connectivity index (χ4v) is 3.26. The van der Waals surface area contributed by atoms with Gasteiger partial charge < -0.3 is 0 Å². The fourth-order valence-electron chi connectivity index (χ4n) is 1.75. The van der Waals surface area contributed by atoms with Crippen LogP contribution >= 0.6 is 31.9 Å². The Morgan fingerprint density at radius 1 is 0.947 bits per heavy atom. The van der Waals surface area contributed by atoms with Crippen LogP contribution in [0.3, 0.4) is 0 Å². The third-order valence-electron chi connectivity index (χ3n) is 2.78. The topological polar surface area (TPSA) is 0 Å². The van der Waals surface area contributed by atoms with Crippen LogP contribution in [-0.4, -0.2) is 0 Å². The van der Waals surface area contributed by atoms with Gasteiger partial charge in [-0.15, -0.1) is 0 Å². The van der Waals surface area contributed by atoms with Gasteiger partial charge in [0, 0.05) is 16.1 Å². The number of halogens is 5. The highest BCUT2D eigenvalue weighted by Gasteiger charge is 2.19. The lowest BCUT2D eigenvalue weighted by atomic mass is 10.0. The number of benzene rings is 2. The Kier molecular flexibility index (Phi) is 4.36. The van der Waals surface area contributed by atoms with Crippen LogP contribution in [0.15, 0.2) is 34.8 Å². The van der Waals surface area contributed by atoms with Crippen molar-refractivity contribution >= 4 is 31.9 Å². The van der Waals surface area contributed by atoms with E-state index in [2.05, 4.69) is 31.9 Å². The van der Waals surface area contributed by atoms with Gasteiger partial charge in [0.2, 0.25) is 0 Å². The Labute approximate surface area is 125 Å². The van der Waals surface area contributed by atoms with Crippen LogP contribution in [0.25, 0.3) is 0 Å². The van der Waals surface area contributed by atoms with Crippen LogP contribution in [0.1, 0.15) is 21.5 Å². The predicted octanol–water partition coefficient (Wildman–Crippen LogP) is 5.66. The summed E-state index contributed by atoms with van der Waals surface area (Å²) < 4.78 is 41.0. The molecule has 1 atom stereocenters. The molecule has 2 rings (SSSR count). The molecule has 0 radical (unpaired) electrons. The Bertz CT molecular complexity index is 626. The summed E-state index contributed by atoms with van der Waals surface area (Å²) in [4.78, 5) is -0.558.